The maximum atomic E-state index is 13.7. The second-order valence-corrected chi connectivity index (χ2v) is 8.26. The van der Waals surface area contributed by atoms with Crippen LogP contribution in [0.3, 0.4) is 0 Å². The number of amides is 1. The van der Waals surface area contributed by atoms with E-state index in [0.717, 1.165) is 12.0 Å². The van der Waals surface area contributed by atoms with Gasteiger partial charge in [0.1, 0.15) is 5.82 Å². The summed E-state index contributed by atoms with van der Waals surface area (Å²) in [6.45, 7) is 2.96. The highest BCUT2D eigenvalue weighted by Crippen LogP contribution is 2.28. The number of aromatic nitrogens is 4. The van der Waals surface area contributed by atoms with Crippen LogP contribution in [-0.4, -0.2) is 62.1 Å². The third-order valence-electron chi connectivity index (χ3n) is 6.14. The molecule has 1 aliphatic heterocycles. The van der Waals surface area contributed by atoms with E-state index in [4.69, 9.17) is 4.42 Å². The van der Waals surface area contributed by atoms with E-state index >= 15 is 0 Å². The van der Waals surface area contributed by atoms with Crippen LogP contribution in [0.1, 0.15) is 33.5 Å². The normalized spacial score (nSPS) is 15.4. The predicted molar refractivity (Wildman–Crippen MR) is 122 cm³/mol. The highest BCUT2D eigenvalue weighted by Gasteiger charge is 2.32. The molecule has 3 heterocycles. The first kappa shape index (κ1) is 22.0. The molecule has 1 atom stereocenters. The molecule has 0 spiro atoms. The quantitative estimate of drug-likeness (QED) is 0.421. The van der Waals surface area contributed by atoms with Crippen LogP contribution in [0.2, 0.25) is 0 Å². The van der Waals surface area contributed by atoms with Gasteiger partial charge in [0.05, 0.1) is 12.3 Å². The van der Waals surface area contributed by atoms with Crippen LogP contribution in [0.25, 0.3) is 0 Å². The SMILES string of the molecule is O=C(c1ccco1)N1CCN([C@H](c2ccc(F)cc2)c2nnnn2CCc2ccccc2)CC1. The molecule has 2 aromatic carbocycles. The first-order valence-electron chi connectivity index (χ1n) is 11.3. The van der Waals surface area contributed by atoms with Crippen LogP contribution < -0.4 is 0 Å². The zero-order valence-corrected chi connectivity index (χ0v) is 18.6. The van der Waals surface area contributed by atoms with Crippen molar-refractivity contribution < 1.29 is 13.6 Å². The Balaban J connectivity index is 1.37. The average Bonchev–Trinajstić information content (AvgIpc) is 3.58. The van der Waals surface area contributed by atoms with Crippen molar-refractivity contribution in [1.29, 1.82) is 0 Å². The van der Waals surface area contributed by atoms with Gasteiger partial charge in [-0.25, -0.2) is 9.07 Å². The Morgan fingerprint density at radius 3 is 2.44 bits per heavy atom. The van der Waals surface area contributed by atoms with Crippen molar-refractivity contribution in [2.24, 2.45) is 0 Å². The number of furan rings is 1. The zero-order chi connectivity index (χ0) is 23.3. The minimum Gasteiger partial charge on any atom is -0.459 e. The Hall–Kier alpha value is -3.85. The fourth-order valence-electron chi connectivity index (χ4n) is 4.35. The zero-order valence-electron chi connectivity index (χ0n) is 18.6. The molecule has 2 aromatic heterocycles. The van der Waals surface area contributed by atoms with E-state index in [-0.39, 0.29) is 17.8 Å². The molecule has 0 bridgehead atoms. The van der Waals surface area contributed by atoms with E-state index in [2.05, 4.69) is 32.6 Å². The number of tetrazole rings is 1. The lowest BCUT2D eigenvalue weighted by atomic mass is 10.0. The molecule has 0 saturated carbocycles. The van der Waals surface area contributed by atoms with Crippen molar-refractivity contribution in [2.75, 3.05) is 26.2 Å². The van der Waals surface area contributed by atoms with Crippen LogP contribution in [0.5, 0.6) is 0 Å². The summed E-state index contributed by atoms with van der Waals surface area (Å²) >= 11 is 0. The van der Waals surface area contributed by atoms with Gasteiger partial charge in [0, 0.05) is 32.7 Å². The van der Waals surface area contributed by atoms with Crippen LogP contribution in [0, 0.1) is 5.82 Å². The fourth-order valence-corrected chi connectivity index (χ4v) is 4.35. The van der Waals surface area contributed by atoms with E-state index < -0.39 is 0 Å². The standard InChI is InChI=1S/C25H25FN6O2/c26-21-10-8-20(9-11-21)23(24-27-28-29-32(24)13-12-19-5-2-1-3-6-19)30-14-16-31(17-15-30)25(33)22-7-4-18-34-22/h1-11,18,23H,12-17H2/t23-/m1/s1. The number of halogens is 1. The van der Waals surface area contributed by atoms with Gasteiger partial charge in [0.2, 0.25) is 0 Å². The second-order valence-electron chi connectivity index (χ2n) is 8.26. The Kier molecular flexibility index (Phi) is 6.44. The summed E-state index contributed by atoms with van der Waals surface area (Å²) in [4.78, 5) is 16.7. The Bertz CT molecular complexity index is 1200. The largest absolute Gasteiger partial charge is 0.459 e. The summed E-state index contributed by atoms with van der Waals surface area (Å²) < 4.78 is 20.8. The Labute approximate surface area is 196 Å². The summed E-state index contributed by atoms with van der Waals surface area (Å²) in [6, 6.07) is 19.8. The van der Waals surface area contributed by atoms with E-state index in [1.165, 1.54) is 24.0 Å². The maximum absolute atomic E-state index is 13.7. The summed E-state index contributed by atoms with van der Waals surface area (Å²) in [6.07, 6.45) is 2.30. The number of piperazine rings is 1. The number of nitrogens with zero attached hydrogens (tertiary/aromatic N) is 6. The van der Waals surface area contributed by atoms with Crippen molar-refractivity contribution in [3.05, 3.63) is 102 Å². The maximum Gasteiger partial charge on any atom is 0.289 e. The number of hydrogen-bond acceptors (Lipinski definition) is 6. The summed E-state index contributed by atoms with van der Waals surface area (Å²) in [5, 5.41) is 12.6. The molecular formula is C25H25FN6O2. The molecule has 0 N–H and O–H groups in total. The number of carbonyl (C=O) groups excluding carboxylic acids is 1. The molecule has 1 fully saturated rings. The number of benzene rings is 2. The number of aryl methyl sites for hydroxylation is 2. The molecule has 1 aliphatic rings. The molecule has 8 nitrogen and oxygen atoms in total. The lowest BCUT2D eigenvalue weighted by Gasteiger charge is -2.38. The summed E-state index contributed by atoms with van der Waals surface area (Å²) in [5.74, 6) is 0.637. The molecule has 34 heavy (non-hydrogen) atoms. The molecule has 5 rings (SSSR count). The van der Waals surface area contributed by atoms with Gasteiger partial charge in [-0.05, 0) is 52.2 Å². The minimum atomic E-state index is -0.292. The molecule has 174 valence electrons. The van der Waals surface area contributed by atoms with Crippen LogP contribution in [-0.2, 0) is 13.0 Å². The van der Waals surface area contributed by atoms with Gasteiger partial charge in [-0.1, -0.05) is 42.5 Å². The summed E-state index contributed by atoms with van der Waals surface area (Å²) in [7, 11) is 0. The van der Waals surface area contributed by atoms with Gasteiger partial charge in [-0.3, -0.25) is 9.69 Å². The molecule has 0 aliphatic carbocycles. The van der Waals surface area contributed by atoms with Crippen molar-refractivity contribution >= 4 is 5.91 Å². The van der Waals surface area contributed by atoms with Gasteiger partial charge in [0.25, 0.3) is 5.91 Å². The topological polar surface area (TPSA) is 80.3 Å². The van der Waals surface area contributed by atoms with Crippen LogP contribution in [0.4, 0.5) is 4.39 Å². The van der Waals surface area contributed by atoms with Gasteiger partial charge in [0.15, 0.2) is 11.6 Å². The monoisotopic (exact) mass is 460 g/mol. The third-order valence-corrected chi connectivity index (χ3v) is 6.14. The number of carbonyl (C=O) groups is 1. The molecule has 9 heteroatoms. The lowest BCUT2D eigenvalue weighted by Crippen LogP contribution is -2.50. The van der Waals surface area contributed by atoms with E-state index in [9.17, 15) is 9.18 Å². The van der Waals surface area contributed by atoms with Crippen LogP contribution >= 0.6 is 0 Å². The first-order valence-corrected chi connectivity index (χ1v) is 11.3. The summed E-state index contributed by atoms with van der Waals surface area (Å²) in [5.41, 5.74) is 2.11. The lowest BCUT2D eigenvalue weighted by molar-refractivity contribution is 0.0559. The van der Waals surface area contributed by atoms with Crippen molar-refractivity contribution in [3.63, 3.8) is 0 Å². The van der Waals surface area contributed by atoms with E-state index in [1.54, 1.807) is 29.2 Å². The molecule has 1 amide bonds. The molecule has 1 saturated heterocycles. The minimum absolute atomic E-state index is 0.115. The second kappa shape index (κ2) is 9.96. The third kappa shape index (κ3) is 4.74. The Morgan fingerprint density at radius 2 is 1.74 bits per heavy atom. The first-order chi connectivity index (χ1) is 16.7. The van der Waals surface area contributed by atoms with E-state index in [0.29, 0.717) is 44.3 Å². The molecule has 0 unspecified atom stereocenters. The predicted octanol–water partition coefficient (Wildman–Crippen LogP) is 3.20. The van der Waals surface area contributed by atoms with Crippen LogP contribution in [0.15, 0.2) is 77.4 Å². The number of rotatable bonds is 7. The van der Waals surface area contributed by atoms with Gasteiger partial charge in [-0.15, -0.1) is 5.10 Å². The highest BCUT2D eigenvalue weighted by atomic mass is 19.1. The van der Waals surface area contributed by atoms with E-state index in [1.807, 2.05) is 22.9 Å². The van der Waals surface area contributed by atoms with Crippen molar-refractivity contribution in [1.82, 2.24) is 30.0 Å². The van der Waals surface area contributed by atoms with Gasteiger partial charge < -0.3 is 9.32 Å². The smallest absolute Gasteiger partial charge is 0.289 e. The van der Waals surface area contributed by atoms with Gasteiger partial charge in [-0.2, -0.15) is 0 Å². The Morgan fingerprint density at radius 1 is 0.971 bits per heavy atom. The number of hydrogen-bond donors (Lipinski definition) is 0. The fraction of sp³-hybridized carbons (Fsp3) is 0.280. The van der Waals surface area contributed by atoms with Gasteiger partial charge >= 0.3 is 0 Å². The molecule has 0 radical (unpaired) electrons. The molecule has 4 aromatic rings. The highest BCUT2D eigenvalue weighted by molar-refractivity contribution is 5.91. The van der Waals surface area contributed by atoms with Crippen molar-refractivity contribution in [2.45, 2.75) is 19.0 Å². The molecular weight excluding hydrogens is 435 g/mol. The average molecular weight is 461 g/mol. The van der Waals surface area contributed by atoms with Crippen molar-refractivity contribution in [3.8, 4) is 0 Å².